The van der Waals surface area contributed by atoms with Crippen molar-refractivity contribution in [3.8, 4) is 0 Å². The van der Waals surface area contributed by atoms with Crippen molar-refractivity contribution >= 4 is 41.7 Å². The van der Waals surface area contributed by atoms with Crippen molar-refractivity contribution in [1.29, 1.82) is 0 Å². The van der Waals surface area contributed by atoms with Gasteiger partial charge in [-0.1, -0.05) is 0 Å². The summed E-state index contributed by atoms with van der Waals surface area (Å²) in [6.07, 6.45) is 5.18. The van der Waals surface area contributed by atoms with Crippen LogP contribution in [0, 0.1) is 0 Å². The van der Waals surface area contributed by atoms with Gasteiger partial charge in [-0.25, -0.2) is 0 Å². The van der Waals surface area contributed by atoms with Gasteiger partial charge in [0.15, 0.2) is 5.96 Å². The van der Waals surface area contributed by atoms with E-state index in [-0.39, 0.29) is 24.0 Å². The Hall–Kier alpha value is 0.270. The number of thioether (sulfide) groups is 1. The molecule has 0 aromatic rings. The maximum absolute atomic E-state index is 4.76. The lowest BCUT2D eigenvalue weighted by atomic mass is 10.2. The Morgan fingerprint density at radius 2 is 2.04 bits per heavy atom. The molecule has 0 aromatic heterocycles. The molecule has 0 spiro atoms. The van der Waals surface area contributed by atoms with Crippen molar-refractivity contribution in [2.45, 2.75) is 37.9 Å². The van der Waals surface area contributed by atoms with E-state index in [0.717, 1.165) is 30.8 Å². The molecule has 2 saturated heterocycles. The maximum atomic E-state index is 4.76. The van der Waals surface area contributed by atoms with E-state index < -0.39 is 0 Å². The average molecular weight is 469 g/mol. The van der Waals surface area contributed by atoms with E-state index in [2.05, 4.69) is 46.2 Å². The number of hydrogen-bond donors (Lipinski definition) is 2. The molecule has 7 heteroatoms. The number of guanidine groups is 1. The molecule has 1 unspecified atom stereocenters. The SMILES string of the molecule is CCNC(=NCC1CCCS1)NCCCN1CCCN(C)CC1.I. The van der Waals surface area contributed by atoms with E-state index in [4.69, 9.17) is 4.99 Å². The van der Waals surface area contributed by atoms with Crippen molar-refractivity contribution in [2.75, 3.05) is 65.2 Å². The summed E-state index contributed by atoms with van der Waals surface area (Å²) in [6.45, 7) is 11.1. The molecule has 24 heavy (non-hydrogen) atoms. The van der Waals surface area contributed by atoms with Crippen LogP contribution in [-0.4, -0.2) is 86.2 Å². The molecule has 0 aromatic carbocycles. The summed E-state index contributed by atoms with van der Waals surface area (Å²) in [5.74, 6) is 2.31. The van der Waals surface area contributed by atoms with Crippen molar-refractivity contribution in [2.24, 2.45) is 4.99 Å². The van der Waals surface area contributed by atoms with E-state index in [1.54, 1.807) is 0 Å². The molecule has 0 bridgehead atoms. The van der Waals surface area contributed by atoms with Gasteiger partial charge < -0.3 is 20.4 Å². The Balaban J connectivity index is 0.00000288. The molecule has 2 aliphatic heterocycles. The highest BCUT2D eigenvalue weighted by Gasteiger charge is 2.15. The molecular weight excluding hydrogens is 433 g/mol. The zero-order chi connectivity index (χ0) is 16.3. The molecule has 2 fully saturated rings. The largest absolute Gasteiger partial charge is 0.357 e. The van der Waals surface area contributed by atoms with Crippen LogP contribution < -0.4 is 10.6 Å². The van der Waals surface area contributed by atoms with E-state index >= 15 is 0 Å². The summed E-state index contributed by atoms with van der Waals surface area (Å²) in [5.41, 5.74) is 0. The summed E-state index contributed by atoms with van der Waals surface area (Å²) in [6, 6.07) is 0. The average Bonchev–Trinajstić information content (AvgIpc) is 2.98. The number of nitrogens with one attached hydrogen (secondary N) is 2. The summed E-state index contributed by atoms with van der Waals surface area (Å²) in [5, 5.41) is 7.61. The van der Waals surface area contributed by atoms with Crippen LogP contribution in [0.2, 0.25) is 0 Å². The highest BCUT2D eigenvalue weighted by molar-refractivity contribution is 14.0. The first-order valence-electron chi connectivity index (χ1n) is 9.32. The van der Waals surface area contributed by atoms with E-state index in [0.29, 0.717) is 0 Å². The minimum absolute atomic E-state index is 0. The van der Waals surface area contributed by atoms with Gasteiger partial charge in [-0.2, -0.15) is 11.8 Å². The van der Waals surface area contributed by atoms with E-state index in [1.165, 1.54) is 64.2 Å². The van der Waals surface area contributed by atoms with Gasteiger partial charge in [0.05, 0.1) is 6.54 Å². The fourth-order valence-corrected chi connectivity index (χ4v) is 4.34. The lowest BCUT2D eigenvalue weighted by Crippen LogP contribution is -2.39. The highest BCUT2D eigenvalue weighted by Crippen LogP contribution is 2.25. The fourth-order valence-electron chi connectivity index (χ4n) is 3.16. The first-order valence-corrected chi connectivity index (χ1v) is 10.4. The van der Waals surface area contributed by atoms with Crippen LogP contribution >= 0.6 is 35.7 Å². The smallest absolute Gasteiger partial charge is 0.191 e. The third-order valence-corrected chi connectivity index (χ3v) is 5.96. The van der Waals surface area contributed by atoms with Gasteiger partial charge in [-0.05, 0) is 65.0 Å². The standard InChI is InChI=1S/C17H35N5S.HI/c1-3-18-17(20-15-16-7-4-14-23-16)19-8-5-10-22-11-6-9-21(2)12-13-22;/h16H,3-15H2,1-2H3,(H2,18,19,20);1H. The summed E-state index contributed by atoms with van der Waals surface area (Å²) in [4.78, 5) is 9.80. The maximum Gasteiger partial charge on any atom is 0.191 e. The molecule has 142 valence electrons. The molecule has 0 aliphatic carbocycles. The minimum atomic E-state index is 0. The van der Waals surface area contributed by atoms with Crippen LogP contribution in [0.5, 0.6) is 0 Å². The molecule has 1 atom stereocenters. The van der Waals surface area contributed by atoms with Gasteiger partial charge in [0.2, 0.25) is 0 Å². The lowest BCUT2D eigenvalue weighted by molar-refractivity contribution is 0.274. The molecule has 2 rings (SSSR count). The molecule has 0 radical (unpaired) electrons. The predicted molar refractivity (Wildman–Crippen MR) is 118 cm³/mol. The van der Waals surface area contributed by atoms with Crippen LogP contribution in [0.4, 0.5) is 0 Å². The van der Waals surface area contributed by atoms with Gasteiger partial charge in [0.25, 0.3) is 0 Å². The number of rotatable bonds is 7. The molecule has 2 N–H and O–H groups in total. The normalized spacial score (nSPS) is 23.6. The molecule has 2 aliphatic rings. The number of aliphatic imine (C=N–C) groups is 1. The number of hydrogen-bond acceptors (Lipinski definition) is 4. The number of nitrogens with zero attached hydrogens (tertiary/aromatic N) is 3. The van der Waals surface area contributed by atoms with E-state index in [1.807, 2.05) is 0 Å². The molecule has 0 amide bonds. The van der Waals surface area contributed by atoms with Gasteiger partial charge in [-0.15, -0.1) is 24.0 Å². The quantitative estimate of drug-likeness (QED) is 0.259. The second-order valence-electron chi connectivity index (χ2n) is 6.63. The van der Waals surface area contributed by atoms with Gasteiger partial charge in [0.1, 0.15) is 0 Å². The number of halogens is 1. The van der Waals surface area contributed by atoms with Crippen molar-refractivity contribution in [3.05, 3.63) is 0 Å². The van der Waals surface area contributed by atoms with E-state index in [9.17, 15) is 0 Å². The Bertz CT molecular complexity index is 350. The van der Waals surface area contributed by atoms with Crippen molar-refractivity contribution in [1.82, 2.24) is 20.4 Å². The lowest BCUT2D eigenvalue weighted by Gasteiger charge is -2.20. The summed E-state index contributed by atoms with van der Waals surface area (Å²) < 4.78 is 0. The number of likely N-dealkylation sites (N-methyl/N-ethyl adjacent to an activating group) is 1. The van der Waals surface area contributed by atoms with Crippen molar-refractivity contribution in [3.63, 3.8) is 0 Å². The zero-order valence-corrected chi connectivity index (χ0v) is 18.6. The minimum Gasteiger partial charge on any atom is -0.357 e. The van der Waals surface area contributed by atoms with Gasteiger partial charge in [0, 0.05) is 31.4 Å². The first kappa shape index (κ1) is 22.3. The second kappa shape index (κ2) is 13.5. The molecular formula is C17H36IN5S. The Kier molecular flexibility index (Phi) is 12.5. The van der Waals surface area contributed by atoms with Crippen LogP contribution in [-0.2, 0) is 0 Å². The highest BCUT2D eigenvalue weighted by atomic mass is 127. The topological polar surface area (TPSA) is 42.9 Å². The fraction of sp³-hybridized carbons (Fsp3) is 0.941. The third kappa shape index (κ3) is 9.10. The summed E-state index contributed by atoms with van der Waals surface area (Å²) >= 11 is 2.08. The van der Waals surface area contributed by atoms with Crippen LogP contribution in [0.1, 0.15) is 32.6 Å². The van der Waals surface area contributed by atoms with Crippen LogP contribution in [0.25, 0.3) is 0 Å². The Morgan fingerprint density at radius 3 is 2.79 bits per heavy atom. The van der Waals surface area contributed by atoms with Crippen molar-refractivity contribution < 1.29 is 0 Å². The predicted octanol–water partition coefficient (Wildman–Crippen LogP) is 2.08. The van der Waals surface area contributed by atoms with Crippen LogP contribution in [0.15, 0.2) is 4.99 Å². The Morgan fingerprint density at radius 1 is 1.17 bits per heavy atom. The molecule has 2 heterocycles. The monoisotopic (exact) mass is 469 g/mol. The zero-order valence-electron chi connectivity index (χ0n) is 15.4. The van der Waals surface area contributed by atoms with Gasteiger partial charge in [-0.3, -0.25) is 4.99 Å². The second-order valence-corrected chi connectivity index (χ2v) is 8.04. The van der Waals surface area contributed by atoms with Gasteiger partial charge >= 0.3 is 0 Å². The molecule has 0 saturated carbocycles. The third-order valence-electron chi connectivity index (χ3n) is 4.58. The van der Waals surface area contributed by atoms with Crippen LogP contribution in [0.3, 0.4) is 0 Å². The first-order chi connectivity index (χ1) is 11.3. The summed E-state index contributed by atoms with van der Waals surface area (Å²) in [7, 11) is 2.23. The molecule has 5 nitrogen and oxygen atoms in total. The Labute approximate surface area is 169 Å².